The predicted octanol–water partition coefficient (Wildman–Crippen LogP) is -0.144. The van der Waals surface area contributed by atoms with Gasteiger partial charge in [-0.1, -0.05) is 12.1 Å². The second-order valence-corrected chi connectivity index (χ2v) is 9.27. The number of rotatable bonds is 10. The third-order valence-corrected chi connectivity index (χ3v) is 6.89. The number of carbonyl (C=O) groups is 1. The Labute approximate surface area is 211 Å². The van der Waals surface area contributed by atoms with Crippen LogP contribution in [0.2, 0.25) is 0 Å². The lowest BCUT2D eigenvalue weighted by atomic mass is 10.1. The Morgan fingerprint density at radius 2 is 2.03 bits per heavy atom. The molecule has 3 aromatic heterocycles. The number of nitrogens with one attached hydrogen (secondary N) is 1. The van der Waals surface area contributed by atoms with Gasteiger partial charge in [0, 0.05) is 36.7 Å². The molecule has 4 aromatic rings. The number of nitrogen functional groups attached to an aromatic ring is 1. The fraction of sp³-hybridized carbons (Fsp3) is 0.417. The summed E-state index contributed by atoms with van der Waals surface area (Å²) in [5.74, 6) is -0.871. The lowest BCUT2D eigenvalue weighted by Gasteiger charge is -2.27. The summed E-state index contributed by atoms with van der Waals surface area (Å²) in [6, 6.07) is 7.05. The molecule has 37 heavy (non-hydrogen) atoms. The Morgan fingerprint density at radius 1 is 1.19 bits per heavy atom. The zero-order chi connectivity index (χ0) is 26.1. The zero-order valence-corrected chi connectivity index (χ0v) is 20.0. The number of fused-ring (bicyclic) bond motifs is 2. The predicted molar refractivity (Wildman–Crippen MR) is 134 cm³/mol. The van der Waals surface area contributed by atoms with Crippen LogP contribution < -0.4 is 11.5 Å². The Kier molecular flexibility index (Phi) is 7.04. The summed E-state index contributed by atoms with van der Waals surface area (Å²) in [5.41, 5.74) is 14.6. The SMILES string of the molecule is Nc1ncnc2c1ncn2[C@@H]1O[C@H](CN(CCc2cccc3[nH]ccc23)CC[C@H](N)C(=O)O)[C@@H](O)[C@H]1O. The first kappa shape index (κ1) is 25.0. The van der Waals surface area contributed by atoms with Crippen LogP contribution in [0.3, 0.4) is 0 Å². The first-order chi connectivity index (χ1) is 17.8. The summed E-state index contributed by atoms with van der Waals surface area (Å²) < 4.78 is 7.63. The molecule has 0 radical (unpaired) electrons. The van der Waals surface area contributed by atoms with Gasteiger partial charge in [0.1, 0.15) is 36.2 Å². The van der Waals surface area contributed by atoms with Crippen LogP contribution in [0.25, 0.3) is 22.1 Å². The molecule has 1 aliphatic rings. The number of hydrogen-bond donors (Lipinski definition) is 6. The van der Waals surface area contributed by atoms with Gasteiger partial charge in [-0.3, -0.25) is 9.36 Å². The number of hydrogen-bond acceptors (Lipinski definition) is 10. The Morgan fingerprint density at radius 3 is 2.84 bits per heavy atom. The van der Waals surface area contributed by atoms with Crippen LogP contribution in [0.4, 0.5) is 5.82 Å². The summed E-state index contributed by atoms with van der Waals surface area (Å²) in [5, 5.41) is 32.0. The number of anilines is 1. The molecule has 13 heteroatoms. The number of aromatic nitrogens is 5. The van der Waals surface area contributed by atoms with E-state index in [4.69, 9.17) is 16.2 Å². The van der Waals surface area contributed by atoms with E-state index in [0.717, 1.165) is 16.5 Å². The Balaban J connectivity index is 1.32. The fourth-order valence-corrected chi connectivity index (χ4v) is 4.81. The number of imidazole rings is 1. The van der Waals surface area contributed by atoms with Crippen molar-refractivity contribution >= 4 is 33.9 Å². The first-order valence-corrected chi connectivity index (χ1v) is 12.0. The lowest BCUT2D eigenvalue weighted by Crippen LogP contribution is -2.43. The standard InChI is InChI=1S/C24H30N8O5/c25-15(24(35)36)6-9-31(8-5-13-2-1-3-16-14(13)4-7-27-16)10-17-19(33)20(34)23(37-17)32-12-30-18-21(26)28-11-29-22(18)32/h1-4,7,11-12,15,17,19-20,23,27,33-34H,5-6,8-10,25H2,(H,35,36)(H2,26,28,29)/t15-,17+,19+,20+,23+/m0/s1. The number of aromatic amines is 1. The van der Waals surface area contributed by atoms with Gasteiger partial charge in [-0.15, -0.1) is 0 Å². The van der Waals surface area contributed by atoms with Crippen molar-refractivity contribution in [1.82, 2.24) is 29.4 Å². The third-order valence-electron chi connectivity index (χ3n) is 6.89. The molecule has 0 saturated carbocycles. The molecule has 0 bridgehead atoms. The van der Waals surface area contributed by atoms with Gasteiger partial charge in [0.2, 0.25) is 0 Å². The van der Waals surface area contributed by atoms with Crippen LogP contribution in [0.15, 0.2) is 43.1 Å². The minimum Gasteiger partial charge on any atom is -0.480 e. The number of nitrogens with two attached hydrogens (primary N) is 2. The summed E-state index contributed by atoms with van der Waals surface area (Å²) in [6.45, 7) is 1.21. The van der Waals surface area contributed by atoms with E-state index in [-0.39, 0.29) is 18.8 Å². The molecule has 0 amide bonds. The Hall–Kier alpha value is -3.62. The highest BCUT2D eigenvalue weighted by atomic mass is 16.6. The normalized spacial score (nSPS) is 22.8. The van der Waals surface area contributed by atoms with Gasteiger partial charge in [0.25, 0.3) is 0 Å². The number of aliphatic hydroxyl groups excluding tert-OH is 2. The average Bonchev–Trinajstić information content (AvgIpc) is 3.60. The molecule has 4 heterocycles. The molecular formula is C24H30N8O5. The van der Waals surface area contributed by atoms with Crippen LogP contribution in [-0.2, 0) is 16.0 Å². The quantitative estimate of drug-likeness (QED) is 0.166. The molecule has 8 N–H and O–H groups in total. The van der Waals surface area contributed by atoms with Gasteiger partial charge < -0.3 is 41.4 Å². The molecule has 5 atom stereocenters. The van der Waals surface area contributed by atoms with Crippen molar-refractivity contribution in [3.63, 3.8) is 0 Å². The number of benzene rings is 1. The largest absolute Gasteiger partial charge is 0.480 e. The topological polar surface area (TPSA) is 202 Å². The van der Waals surface area contributed by atoms with Crippen molar-refractivity contribution < 1.29 is 24.9 Å². The number of ether oxygens (including phenoxy) is 1. The van der Waals surface area contributed by atoms with E-state index in [2.05, 4.69) is 26.0 Å². The molecule has 1 fully saturated rings. The highest BCUT2D eigenvalue weighted by Crippen LogP contribution is 2.32. The summed E-state index contributed by atoms with van der Waals surface area (Å²) in [7, 11) is 0. The summed E-state index contributed by atoms with van der Waals surface area (Å²) in [4.78, 5) is 28.8. The van der Waals surface area contributed by atoms with Crippen molar-refractivity contribution in [2.45, 2.75) is 43.4 Å². The molecule has 13 nitrogen and oxygen atoms in total. The van der Waals surface area contributed by atoms with Crippen molar-refractivity contribution in [3.8, 4) is 0 Å². The molecule has 0 spiro atoms. The Bertz CT molecular complexity index is 1390. The monoisotopic (exact) mass is 510 g/mol. The molecule has 1 saturated heterocycles. The minimum absolute atomic E-state index is 0.201. The van der Waals surface area contributed by atoms with E-state index in [0.29, 0.717) is 30.7 Å². The molecule has 0 aliphatic carbocycles. The second kappa shape index (κ2) is 10.4. The van der Waals surface area contributed by atoms with E-state index in [1.165, 1.54) is 17.2 Å². The van der Waals surface area contributed by atoms with Crippen LogP contribution >= 0.6 is 0 Å². The van der Waals surface area contributed by atoms with E-state index in [9.17, 15) is 20.1 Å². The highest BCUT2D eigenvalue weighted by Gasteiger charge is 2.44. The van der Waals surface area contributed by atoms with Crippen molar-refractivity contribution in [1.29, 1.82) is 0 Å². The smallest absolute Gasteiger partial charge is 0.320 e. The van der Waals surface area contributed by atoms with E-state index in [1.807, 2.05) is 29.3 Å². The molecule has 0 unspecified atom stereocenters. The van der Waals surface area contributed by atoms with Crippen LogP contribution in [0, 0.1) is 0 Å². The maximum atomic E-state index is 11.3. The highest BCUT2D eigenvalue weighted by molar-refractivity contribution is 5.83. The maximum Gasteiger partial charge on any atom is 0.320 e. The van der Waals surface area contributed by atoms with Gasteiger partial charge in [-0.2, -0.15) is 0 Å². The lowest BCUT2D eigenvalue weighted by molar-refractivity contribution is -0.138. The van der Waals surface area contributed by atoms with Crippen molar-refractivity contribution in [2.75, 3.05) is 25.4 Å². The van der Waals surface area contributed by atoms with E-state index < -0.39 is 36.6 Å². The average molecular weight is 511 g/mol. The summed E-state index contributed by atoms with van der Waals surface area (Å²) in [6.07, 6.45) is 1.43. The van der Waals surface area contributed by atoms with E-state index >= 15 is 0 Å². The number of H-pyrrole nitrogens is 1. The van der Waals surface area contributed by atoms with Crippen molar-refractivity contribution in [3.05, 3.63) is 48.7 Å². The minimum atomic E-state index is -1.24. The van der Waals surface area contributed by atoms with Crippen molar-refractivity contribution in [2.24, 2.45) is 5.73 Å². The van der Waals surface area contributed by atoms with Crippen LogP contribution in [0.1, 0.15) is 18.2 Å². The number of carboxylic acids is 1. The fourth-order valence-electron chi connectivity index (χ4n) is 4.81. The van der Waals surface area contributed by atoms with Gasteiger partial charge in [0.15, 0.2) is 17.7 Å². The van der Waals surface area contributed by atoms with E-state index in [1.54, 1.807) is 0 Å². The number of aliphatic carboxylic acids is 1. The first-order valence-electron chi connectivity index (χ1n) is 12.0. The maximum absolute atomic E-state index is 11.3. The molecule has 196 valence electrons. The molecular weight excluding hydrogens is 480 g/mol. The molecule has 1 aliphatic heterocycles. The third kappa shape index (κ3) is 4.99. The van der Waals surface area contributed by atoms with Gasteiger partial charge >= 0.3 is 5.97 Å². The molecule has 1 aromatic carbocycles. The number of aliphatic hydroxyl groups is 2. The molecule has 5 rings (SSSR count). The number of nitrogens with zero attached hydrogens (tertiary/aromatic N) is 5. The number of carboxylic acid groups (broad SMARTS) is 1. The van der Waals surface area contributed by atoms with Crippen LogP contribution in [0.5, 0.6) is 0 Å². The van der Waals surface area contributed by atoms with Gasteiger partial charge in [0.05, 0.1) is 6.33 Å². The zero-order valence-electron chi connectivity index (χ0n) is 20.0. The van der Waals surface area contributed by atoms with Gasteiger partial charge in [-0.05, 0) is 30.5 Å². The second-order valence-electron chi connectivity index (χ2n) is 9.27. The van der Waals surface area contributed by atoms with Gasteiger partial charge in [-0.25, -0.2) is 15.0 Å². The van der Waals surface area contributed by atoms with Crippen LogP contribution in [-0.4, -0.2) is 94.7 Å². The summed E-state index contributed by atoms with van der Waals surface area (Å²) >= 11 is 0.